The first kappa shape index (κ1) is 24.2. The molecule has 0 aliphatic carbocycles. The summed E-state index contributed by atoms with van der Waals surface area (Å²) in [6, 6.07) is 0. The molecule has 0 rings (SSSR count). The molecule has 0 radical (unpaired) electrons. The molecule has 0 aliphatic heterocycles. The van der Waals surface area contributed by atoms with Gasteiger partial charge in [0.05, 0.1) is 0 Å². The number of aliphatic hydroxyl groups excluding tert-OH is 1. The highest BCUT2D eigenvalue weighted by atomic mass is 16.2. The molecule has 0 atom stereocenters. The number of rotatable bonds is 16. The molecule has 0 saturated heterocycles. The van der Waals surface area contributed by atoms with E-state index in [1.54, 1.807) is 0 Å². The van der Waals surface area contributed by atoms with E-state index in [-0.39, 0.29) is 0 Å². The average molecular weight is 316 g/mol. The second-order valence-corrected chi connectivity index (χ2v) is 6.53. The minimum absolute atomic E-state index is 0.373. The normalized spacial score (nSPS) is 10.4. The molecule has 0 amide bonds. The van der Waals surface area contributed by atoms with Gasteiger partial charge < -0.3 is 10.4 Å². The van der Waals surface area contributed by atoms with Crippen LogP contribution in [-0.4, -0.2) is 25.8 Å². The Morgan fingerprint density at radius 1 is 0.500 bits per heavy atom. The Kier molecular flexibility index (Phi) is 28.4. The van der Waals surface area contributed by atoms with Gasteiger partial charge in [-0.15, -0.1) is 0 Å². The maximum absolute atomic E-state index is 8.67. The van der Waals surface area contributed by atoms with Gasteiger partial charge in [0.25, 0.3) is 0 Å². The summed E-state index contributed by atoms with van der Waals surface area (Å²) in [6.45, 7) is 2.66. The van der Waals surface area contributed by atoms with Gasteiger partial charge in [0, 0.05) is 6.61 Å². The highest BCUT2D eigenvalue weighted by molar-refractivity contribution is 4.49. The Bertz CT molecular complexity index is 146. The van der Waals surface area contributed by atoms with Crippen molar-refractivity contribution in [3.63, 3.8) is 0 Å². The smallest absolute Gasteiger partial charge is 0.0431 e. The van der Waals surface area contributed by atoms with Crippen molar-refractivity contribution >= 4 is 0 Å². The lowest BCUT2D eigenvalue weighted by molar-refractivity contribution is 0.282. The SMILES string of the molecule is CCCCCCCCCCCCCCCCCCO.CNC. The van der Waals surface area contributed by atoms with Crippen molar-refractivity contribution in [3.8, 4) is 0 Å². The molecule has 0 spiro atoms. The fourth-order valence-corrected chi connectivity index (χ4v) is 2.66. The predicted octanol–water partition coefficient (Wildman–Crippen LogP) is 6.08. The monoisotopic (exact) mass is 315 g/mol. The van der Waals surface area contributed by atoms with Gasteiger partial charge in [-0.05, 0) is 20.5 Å². The van der Waals surface area contributed by atoms with Crippen molar-refractivity contribution in [2.45, 2.75) is 110 Å². The summed E-state index contributed by atoms with van der Waals surface area (Å²) in [4.78, 5) is 0. The zero-order valence-electron chi connectivity index (χ0n) is 16.0. The maximum Gasteiger partial charge on any atom is 0.0431 e. The number of aliphatic hydroxyl groups is 1. The quantitative estimate of drug-likeness (QED) is 0.338. The van der Waals surface area contributed by atoms with Crippen LogP contribution in [-0.2, 0) is 0 Å². The highest BCUT2D eigenvalue weighted by Crippen LogP contribution is 2.13. The van der Waals surface area contributed by atoms with Gasteiger partial charge in [0.1, 0.15) is 0 Å². The van der Waals surface area contributed by atoms with Gasteiger partial charge in [0.15, 0.2) is 0 Å². The fraction of sp³-hybridized carbons (Fsp3) is 1.00. The number of hydrogen-bond acceptors (Lipinski definition) is 2. The van der Waals surface area contributed by atoms with Crippen molar-refractivity contribution in [1.82, 2.24) is 5.32 Å². The zero-order valence-corrected chi connectivity index (χ0v) is 16.0. The number of unbranched alkanes of at least 4 members (excludes halogenated alkanes) is 15. The van der Waals surface area contributed by atoms with Crippen LogP contribution in [0.2, 0.25) is 0 Å². The molecule has 2 nitrogen and oxygen atoms in total. The van der Waals surface area contributed by atoms with Gasteiger partial charge in [-0.3, -0.25) is 0 Å². The van der Waals surface area contributed by atoms with E-state index in [4.69, 9.17) is 5.11 Å². The molecule has 2 N–H and O–H groups in total. The average Bonchev–Trinajstić information content (AvgIpc) is 2.52. The molecule has 0 aromatic carbocycles. The van der Waals surface area contributed by atoms with Crippen LogP contribution < -0.4 is 5.32 Å². The third kappa shape index (κ3) is 28.1. The third-order valence-electron chi connectivity index (χ3n) is 4.01. The van der Waals surface area contributed by atoms with Crippen LogP contribution in [0.25, 0.3) is 0 Å². The molecular weight excluding hydrogens is 270 g/mol. The van der Waals surface area contributed by atoms with Crippen LogP contribution in [0.5, 0.6) is 0 Å². The van der Waals surface area contributed by atoms with E-state index in [1.807, 2.05) is 14.1 Å². The van der Waals surface area contributed by atoms with E-state index in [9.17, 15) is 0 Å². The summed E-state index contributed by atoms with van der Waals surface area (Å²) in [5, 5.41) is 11.4. The van der Waals surface area contributed by atoms with E-state index in [0.717, 1.165) is 6.42 Å². The summed E-state index contributed by atoms with van der Waals surface area (Å²) in [6.07, 6.45) is 22.2. The van der Waals surface area contributed by atoms with Crippen molar-refractivity contribution in [2.24, 2.45) is 0 Å². The third-order valence-corrected chi connectivity index (χ3v) is 4.01. The van der Waals surface area contributed by atoms with Gasteiger partial charge in [0.2, 0.25) is 0 Å². The van der Waals surface area contributed by atoms with Gasteiger partial charge in [-0.1, -0.05) is 103 Å². The van der Waals surface area contributed by atoms with Crippen molar-refractivity contribution < 1.29 is 5.11 Å². The molecule has 0 aromatic heterocycles. The molecule has 2 heteroatoms. The summed E-state index contributed by atoms with van der Waals surface area (Å²) in [7, 11) is 3.75. The summed E-state index contributed by atoms with van der Waals surface area (Å²) < 4.78 is 0. The second kappa shape index (κ2) is 25.9. The molecule has 0 aromatic rings. The Balaban J connectivity index is 0. The Labute approximate surface area is 141 Å². The number of hydrogen-bond donors (Lipinski definition) is 2. The van der Waals surface area contributed by atoms with Crippen LogP contribution >= 0.6 is 0 Å². The molecule has 136 valence electrons. The predicted molar refractivity (Wildman–Crippen MR) is 102 cm³/mol. The Morgan fingerprint density at radius 2 is 0.727 bits per heavy atom. The van der Waals surface area contributed by atoms with Gasteiger partial charge in [-0.2, -0.15) is 0 Å². The summed E-state index contributed by atoms with van der Waals surface area (Å²) in [5.41, 5.74) is 0. The topological polar surface area (TPSA) is 32.3 Å². The van der Waals surface area contributed by atoms with Crippen LogP contribution in [0, 0.1) is 0 Å². The van der Waals surface area contributed by atoms with E-state index < -0.39 is 0 Å². The summed E-state index contributed by atoms with van der Waals surface area (Å²) >= 11 is 0. The van der Waals surface area contributed by atoms with Crippen molar-refractivity contribution in [1.29, 1.82) is 0 Å². The minimum atomic E-state index is 0.373. The molecule has 0 aliphatic rings. The maximum atomic E-state index is 8.67. The van der Waals surface area contributed by atoms with Crippen molar-refractivity contribution in [2.75, 3.05) is 20.7 Å². The minimum Gasteiger partial charge on any atom is -0.396 e. The van der Waals surface area contributed by atoms with Crippen LogP contribution in [0.3, 0.4) is 0 Å². The van der Waals surface area contributed by atoms with Gasteiger partial charge in [-0.25, -0.2) is 0 Å². The van der Waals surface area contributed by atoms with Gasteiger partial charge >= 0.3 is 0 Å². The largest absolute Gasteiger partial charge is 0.396 e. The van der Waals surface area contributed by atoms with E-state index in [0.29, 0.717) is 6.61 Å². The lowest BCUT2D eigenvalue weighted by atomic mass is 10.0. The molecule has 0 heterocycles. The fourth-order valence-electron chi connectivity index (χ4n) is 2.66. The van der Waals surface area contributed by atoms with Crippen molar-refractivity contribution in [3.05, 3.63) is 0 Å². The molecule has 0 bridgehead atoms. The summed E-state index contributed by atoms with van der Waals surface area (Å²) in [5.74, 6) is 0. The standard InChI is InChI=1S/C18H38O.C2H7N/c1-2-3-4-5-6-7-8-9-10-11-12-13-14-15-16-17-18-19;1-3-2/h19H,2-18H2,1H3;3H,1-2H3. The second-order valence-electron chi connectivity index (χ2n) is 6.53. The molecular formula is C20H45NO. The first-order valence-corrected chi connectivity index (χ1v) is 10.0. The first-order chi connectivity index (χ1) is 10.8. The molecule has 0 fully saturated rings. The first-order valence-electron chi connectivity index (χ1n) is 10.0. The Morgan fingerprint density at radius 3 is 0.955 bits per heavy atom. The molecule has 22 heavy (non-hydrogen) atoms. The van der Waals surface area contributed by atoms with E-state index in [2.05, 4.69) is 12.2 Å². The zero-order chi connectivity index (χ0) is 16.7. The van der Waals surface area contributed by atoms with Crippen LogP contribution in [0.1, 0.15) is 110 Å². The molecule has 0 unspecified atom stereocenters. The highest BCUT2D eigenvalue weighted by Gasteiger charge is 1.94. The Hall–Kier alpha value is -0.0800. The lowest BCUT2D eigenvalue weighted by Crippen LogP contribution is -1.89. The molecule has 0 saturated carbocycles. The lowest BCUT2D eigenvalue weighted by Gasteiger charge is -2.03. The number of nitrogens with one attached hydrogen (secondary N) is 1. The van der Waals surface area contributed by atoms with Crippen LogP contribution in [0.15, 0.2) is 0 Å². The van der Waals surface area contributed by atoms with E-state index >= 15 is 0 Å². The van der Waals surface area contributed by atoms with E-state index in [1.165, 1.54) is 96.3 Å². The van der Waals surface area contributed by atoms with Crippen LogP contribution in [0.4, 0.5) is 0 Å².